The highest BCUT2D eigenvalue weighted by Crippen LogP contribution is 2.35. The summed E-state index contributed by atoms with van der Waals surface area (Å²) in [5, 5.41) is 0. The Morgan fingerprint density at radius 1 is 1.42 bits per heavy atom. The molecule has 2 fully saturated rings. The third kappa shape index (κ3) is 1.97. The number of hydrogen-bond acceptors (Lipinski definition) is 3. The smallest absolute Gasteiger partial charge is 0.0510 e. The van der Waals surface area contributed by atoms with Crippen molar-refractivity contribution < 1.29 is 4.74 Å². The first-order valence-electron chi connectivity index (χ1n) is 4.94. The molecule has 2 atom stereocenters. The minimum atomic E-state index is 0.500. The van der Waals surface area contributed by atoms with Crippen molar-refractivity contribution in [1.29, 1.82) is 0 Å². The van der Waals surface area contributed by atoms with Gasteiger partial charge in [-0.25, -0.2) is 0 Å². The average Bonchev–Trinajstić information content (AvgIpc) is 2.74. The summed E-state index contributed by atoms with van der Waals surface area (Å²) < 4.78 is 5.35. The molecule has 3 nitrogen and oxygen atoms in total. The molecule has 2 rings (SSSR count). The quantitative estimate of drug-likeness (QED) is 0.481. The molecule has 2 unspecified atom stereocenters. The summed E-state index contributed by atoms with van der Waals surface area (Å²) in [5.74, 6) is 7.14. The van der Waals surface area contributed by atoms with Crippen molar-refractivity contribution >= 4 is 0 Å². The third-order valence-electron chi connectivity index (χ3n) is 3.03. The van der Waals surface area contributed by atoms with Crippen molar-refractivity contribution in [3.8, 4) is 0 Å². The predicted molar refractivity (Wildman–Crippen MR) is 47.4 cm³/mol. The molecule has 1 aliphatic heterocycles. The van der Waals surface area contributed by atoms with Gasteiger partial charge in [0.25, 0.3) is 0 Å². The highest BCUT2D eigenvalue weighted by atomic mass is 16.5. The molecule has 12 heavy (non-hydrogen) atoms. The van der Waals surface area contributed by atoms with Gasteiger partial charge in [0, 0.05) is 18.6 Å². The van der Waals surface area contributed by atoms with E-state index < -0.39 is 0 Å². The molecule has 0 amide bonds. The van der Waals surface area contributed by atoms with Gasteiger partial charge in [0.05, 0.1) is 6.61 Å². The van der Waals surface area contributed by atoms with Crippen molar-refractivity contribution in [2.75, 3.05) is 13.2 Å². The van der Waals surface area contributed by atoms with E-state index in [2.05, 4.69) is 5.43 Å². The van der Waals surface area contributed by atoms with Crippen molar-refractivity contribution in [3.05, 3.63) is 0 Å². The minimum Gasteiger partial charge on any atom is -0.381 e. The van der Waals surface area contributed by atoms with Crippen molar-refractivity contribution in [2.24, 2.45) is 17.7 Å². The zero-order valence-electron chi connectivity index (χ0n) is 7.46. The molecule has 1 saturated heterocycles. The molecule has 1 saturated carbocycles. The summed E-state index contributed by atoms with van der Waals surface area (Å²) in [6.45, 7) is 1.83. The highest BCUT2D eigenvalue weighted by molar-refractivity contribution is 4.84. The molecule has 0 aromatic rings. The first kappa shape index (κ1) is 8.48. The van der Waals surface area contributed by atoms with E-state index >= 15 is 0 Å². The van der Waals surface area contributed by atoms with Gasteiger partial charge in [0.15, 0.2) is 0 Å². The van der Waals surface area contributed by atoms with Crippen molar-refractivity contribution in [1.82, 2.24) is 5.43 Å². The Bertz CT molecular complexity index is 141. The van der Waals surface area contributed by atoms with Crippen LogP contribution in [0.5, 0.6) is 0 Å². The van der Waals surface area contributed by atoms with Gasteiger partial charge in [-0.05, 0) is 18.8 Å². The highest BCUT2D eigenvalue weighted by Gasteiger charge is 2.31. The zero-order chi connectivity index (χ0) is 8.39. The van der Waals surface area contributed by atoms with Crippen LogP contribution in [0.25, 0.3) is 0 Å². The lowest BCUT2D eigenvalue weighted by molar-refractivity contribution is 0.174. The molecular formula is C9H18N2O. The summed E-state index contributed by atoms with van der Waals surface area (Å²) in [7, 11) is 0. The third-order valence-corrected chi connectivity index (χ3v) is 3.03. The van der Waals surface area contributed by atoms with Crippen LogP contribution in [-0.2, 0) is 4.74 Å². The maximum absolute atomic E-state index is 5.52. The maximum atomic E-state index is 5.52. The molecule has 3 N–H and O–H groups in total. The van der Waals surface area contributed by atoms with Gasteiger partial charge < -0.3 is 4.74 Å². The van der Waals surface area contributed by atoms with Crippen LogP contribution < -0.4 is 11.3 Å². The normalized spacial score (nSPS) is 32.2. The summed E-state index contributed by atoms with van der Waals surface area (Å²) in [6.07, 6.45) is 5.25. The monoisotopic (exact) mass is 170 g/mol. The fourth-order valence-electron chi connectivity index (χ4n) is 1.98. The molecule has 1 heterocycles. The molecule has 0 aromatic heterocycles. The van der Waals surface area contributed by atoms with Gasteiger partial charge in [-0.15, -0.1) is 0 Å². The molecule has 0 bridgehead atoms. The van der Waals surface area contributed by atoms with E-state index in [4.69, 9.17) is 10.6 Å². The van der Waals surface area contributed by atoms with E-state index in [9.17, 15) is 0 Å². The largest absolute Gasteiger partial charge is 0.381 e. The minimum absolute atomic E-state index is 0.500. The van der Waals surface area contributed by atoms with E-state index in [1.165, 1.54) is 25.7 Å². The second-order valence-corrected chi connectivity index (χ2v) is 4.08. The Labute approximate surface area is 73.6 Å². The van der Waals surface area contributed by atoms with Crippen LogP contribution in [0.4, 0.5) is 0 Å². The van der Waals surface area contributed by atoms with Crippen LogP contribution in [0.1, 0.15) is 25.7 Å². The SMILES string of the molecule is NNC(CC1CC1)C1CCOC1. The standard InChI is InChI=1S/C9H18N2O/c10-11-9(5-7-1-2-7)8-3-4-12-6-8/h7-9,11H,1-6,10H2. The van der Waals surface area contributed by atoms with Crippen LogP contribution in [-0.4, -0.2) is 19.3 Å². The Kier molecular flexibility index (Phi) is 2.63. The van der Waals surface area contributed by atoms with Crippen LogP contribution in [0.3, 0.4) is 0 Å². The van der Waals surface area contributed by atoms with E-state index in [1.807, 2.05) is 0 Å². The number of nitrogens with two attached hydrogens (primary N) is 1. The molecule has 3 heteroatoms. The average molecular weight is 170 g/mol. The van der Waals surface area contributed by atoms with Gasteiger partial charge in [-0.1, -0.05) is 12.8 Å². The van der Waals surface area contributed by atoms with Crippen LogP contribution >= 0.6 is 0 Å². The van der Waals surface area contributed by atoms with E-state index in [0.29, 0.717) is 12.0 Å². The first-order chi connectivity index (χ1) is 5.90. The molecule has 1 aliphatic carbocycles. The van der Waals surface area contributed by atoms with Crippen molar-refractivity contribution in [2.45, 2.75) is 31.7 Å². The number of nitrogens with one attached hydrogen (secondary N) is 1. The van der Waals surface area contributed by atoms with E-state index in [-0.39, 0.29) is 0 Å². The summed E-state index contributed by atoms with van der Waals surface area (Å²) in [4.78, 5) is 0. The second-order valence-electron chi connectivity index (χ2n) is 4.08. The topological polar surface area (TPSA) is 47.3 Å². The summed E-state index contributed by atoms with van der Waals surface area (Å²) in [6, 6.07) is 0.500. The van der Waals surface area contributed by atoms with Gasteiger partial charge in [-0.3, -0.25) is 11.3 Å². The Hall–Kier alpha value is -0.120. The number of rotatable bonds is 4. The fourth-order valence-corrected chi connectivity index (χ4v) is 1.98. The van der Waals surface area contributed by atoms with Gasteiger partial charge in [0.2, 0.25) is 0 Å². The lowest BCUT2D eigenvalue weighted by atomic mass is 9.95. The number of ether oxygens (including phenoxy) is 1. The fraction of sp³-hybridized carbons (Fsp3) is 1.00. The van der Waals surface area contributed by atoms with Crippen LogP contribution in [0.2, 0.25) is 0 Å². The Balaban J connectivity index is 1.78. The molecule has 0 radical (unpaired) electrons. The van der Waals surface area contributed by atoms with Gasteiger partial charge in [-0.2, -0.15) is 0 Å². The summed E-state index contributed by atoms with van der Waals surface area (Å²) >= 11 is 0. The zero-order valence-corrected chi connectivity index (χ0v) is 7.46. The second kappa shape index (κ2) is 3.73. The van der Waals surface area contributed by atoms with Gasteiger partial charge >= 0.3 is 0 Å². The predicted octanol–water partition coefficient (Wildman–Crippen LogP) is 0.655. The number of hydrogen-bond donors (Lipinski definition) is 2. The Morgan fingerprint density at radius 3 is 2.75 bits per heavy atom. The lowest BCUT2D eigenvalue weighted by Crippen LogP contribution is -2.41. The molecular weight excluding hydrogens is 152 g/mol. The lowest BCUT2D eigenvalue weighted by Gasteiger charge is -2.20. The Morgan fingerprint density at radius 2 is 2.25 bits per heavy atom. The summed E-state index contributed by atoms with van der Waals surface area (Å²) in [5.41, 5.74) is 2.94. The van der Waals surface area contributed by atoms with Crippen LogP contribution in [0, 0.1) is 11.8 Å². The van der Waals surface area contributed by atoms with Crippen LogP contribution in [0.15, 0.2) is 0 Å². The molecule has 70 valence electrons. The van der Waals surface area contributed by atoms with E-state index in [1.54, 1.807) is 0 Å². The number of hydrazine groups is 1. The molecule has 2 aliphatic rings. The van der Waals surface area contributed by atoms with Gasteiger partial charge in [0.1, 0.15) is 0 Å². The maximum Gasteiger partial charge on any atom is 0.0510 e. The van der Waals surface area contributed by atoms with Crippen molar-refractivity contribution in [3.63, 3.8) is 0 Å². The molecule has 0 spiro atoms. The first-order valence-corrected chi connectivity index (χ1v) is 4.94. The molecule has 0 aromatic carbocycles. The van der Waals surface area contributed by atoms with E-state index in [0.717, 1.165) is 19.1 Å².